The molecule has 2 aromatic heterocycles. The van der Waals surface area contributed by atoms with Gasteiger partial charge in [0.15, 0.2) is 0 Å². The fraction of sp³-hybridized carbons (Fsp3) is 0.222. The summed E-state index contributed by atoms with van der Waals surface area (Å²) < 4.78 is 5.39. The molecule has 0 unspecified atom stereocenters. The maximum atomic E-state index is 5.45. The molecule has 15 heavy (non-hydrogen) atoms. The van der Waals surface area contributed by atoms with Crippen LogP contribution < -0.4 is 11.5 Å². The maximum Gasteiger partial charge on any atom is 0.225 e. The van der Waals surface area contributed by atoms with Crippen LogP contribution in [0.15, 0.2) is 16.5 Å². The summed E-state index contributed by atoms with van der Waals surface area (Å²) in [4.78, 5) is 11.6. The second-order valence-electron chi connectivity index (χ2n) is 3.16. The number of hydrogen-bond acceptors (Lipinski definition) is 6. The molecule has 0 aliphatic heterocycles. The van der Waals surface area contributed by atoms with Gasteiger partial charge in [0.2, 0.25) is 11.9 Å². The Morgan fingerprint density at radius 3 is 2.33 bits per heavy atom. The van der Waals surface area contributed by atoms with Crippen molar-refractivity contribution in [3.8, 4) is 0 Å². The van der Waals surface area contributed by atoms with Crippen LogP contribution in [-0.2, 0) is 6.42 Å². The van der Waals surface area contributed by atoms with Crippen molar-refractivity contribution in [2.75, 3.05) is 11.5 Å². The summed E-state index contributed by atoms with van der Waals surface area (Å²) in [6.07, 6.45) is 0.463. The summed E-state index contributed by atoms with van der Waals surface area (Å²) in [6.45, 7) is 1.87. The molecule has 0 bridgehead atoms. The minimum absolute atomic E-state index is 0.126. The summed E-state index contributed by atoms with van der Waals surface area (Å²) >= 11 is 0. The Bertz CT molecular complexity index is 459. The molecule has 4 N–H and O–H groups in total. The SMILES string of the molecule is Cc1ccc(Cc2nc(N)nc(N)n2)o1. The Labute approximate surface area is 86.4 Å². The Balaban J connectivity index is 2.24. The Morgan fingerprint density at radius 1 is 1.13 bits per heavy atom. The van der Waals surface area contributed by atoms with Gasteiger partial charge in [0.1, 0.15) is 17.3 Å². The van der Waals surface area contributed by atoms with Gasteiger partial charge in [-0.25, -0.2) is 0 Å². The highest BCUT2D eigenvalue weighted by atomic mass is 16.3. The number of hydrogen-bond donors (Lipinski definition) is 2. The van der Waals surface area contributed by atoms with Gasteiger partial charge in [-0.15, -0.1) is 0 Å². The Morgan fingerprint density at radius 2 is 1.80 bits per heavy atom. The predicted octanol–water partition coefficient (Wildman–Crippen LogP) is 0.528. The minimum Gasteiger partial charge on any atom is -0.466 e. The monoisotopic (exact) mass is 205 g/mol. The standard InChI is InChI=1S/C9H11N5O/c1-5-2-3-6(15-5)4-7-12-8(10)14-9(11)13-7/h2-3H,4H2,1H3,(H4,10,11,12,13,14). The van der Waals surface area contributed by atoms with Crippen LogP contribution in [0.4, 0.5) is 11.9 Å². The number of rotatable bonds is 2. The third-order valence-corrected chi connectivity index (χ3v) is 1.84. The lowest BCUT2D eigenvalue weighted by atomic mass is 10.3. The number of furan rings is 1. The van der Waals surface area contributed by atoms with E-state index in [2.05, 4.69) is 15.0 Å². The number of nitrogen functional groups attached to an aromatic ring is 2. The molecular formula is C9H11N5O. The Kier molecular flexibility index (Phi) is 2.24. The molecule has 0 saturated carbocycles. The molecule has 0 atom stereocenters. The van der Waals surface area contributed by atoms with E-state index in [4.69, 9.17) is 15.9 Å². The molecule has 78 valence electrons. The lowest BCUT2D eigenvalue weighted by Gasteiger charge is -1.99. The minimum atomic E-state index is 0.126. The number of aryl methyl sites for hydroxylation is 1. The van der Waals surface area contributed by atoms with Crippen LogP contribution in [0.1, 0.15) is 17.3 Å². The van der Waals surface area contributed by atoms with Crippen molar-refractivity contribution in [3.63, 3.8) is 0 Å². The highest BCUT2D eigenvalue weighted by molar-refractivity contribution is 5.27. The summed E-state index contributed by atoms with van der Waals surface area (Å²) in [5.41, 5.74) is 10.9. The molecule has 0 saturated heterocycles. The molecule has 0 aliphatic carbocycles. The third-order valence-electron chi connectivity index (χ3n) is 1.84. The fourth-order valence-electron chi connectivity index (χ4n) is 1.27. The van der Waals surface area contributed by atoms with E-state index in [1.165, 1.54) is 0 Å². The first-order chi connectivity index (χ1) is 7.13. The second-order valence-corrected chi connectivity index (χ2v) is 3.16. The van der Waals surface area contributed by atoms with Crippen LogP contribution in [0.25, 0.3) is 0 Å². The van der Waals surface area contributed by atoms with Gasteiger partial charge in [0.05, 0.1) is 6.42 Å². The average Bonchev–Trinajstić information content (AvgIpc) is 2.49. The summed E-state index contributed by atoms with van der Waals surface area (Å²) in [7, 11) is 0. The molecule has 0 aromatic carbocycles. The van der Waals surface area contributed by atoms with Gasteiger partial charge in [0.25, 0.3) is 0 Å². The zero-order chi connectivity index (χ0) is 10.8. The fourth-order valence-corrected chi connectivity index (χ4v) is 1.27. The van der Waals surface area contributed by atoms with Gasteiger partial charge in [-0.05, 0) is 19.1 Å². The molecule has 0 spiro atoms. The van der Waals surface area contributed by atoms with Gasteiger partial charge >= 0.3 is 0 Å². The lowest BCUT2D eigenvalue weighted by molar-refractivity contribution is 0.490. The summed E-state index contributed by atoms with van der Waals surface area (Å²) in [5.74, 6) is 2.38. The molecule has 2 heterocycles. The molecule has 0 amide bonds. The zero-order valence-electron chi connectivity index (χ0n) is 8.27. The van der Waals surface area contributed by atoms with Crippen LogP contribution >= 0.6 is 0 Å². The Hall–Kier alpha value is -2.11. The van der Waals surface area contributed by atoms with Crippen molar-refractivity contribution in [1.29, 1.82) is 0 Å². The van der Waals surface area contributed by atoms with E-state index in [1.807, 2.05) is 19.1 Å². The highest BCUT2D eigenvalue weighted by Crippen LogP contribution is 2.10. The van der Waals surface area contributed by atoms with Gasteiger partial charge in [-0.1, -0.05) is 0 Å². The number of nitrogens with zero attached hydrogens (tertiary/aromatic N) is 3. The smallest absolute Gasteiger partial charge is 0.225 e. The number of anilines is 2. The van der Waals surface area contributed by atoms with Gasteiger partial charge < -0.3 is 15.9 Å². The van der Waals surface area contributed by atoms with Crippen molar-refractivity contribution in [1.82, 2.24) is 15.0 Å². The van der Waals surface area contributed by atoms with E-state index in [-0.39, 0.29) is 11.9 Å². The van der Waals surface area contributed by atoms with E-state index in [1.54, 1.807) is 0 Å². The van der Waals surface area contributed by atoms with Gasteiger partial charge in [-0.2, -0.15) is 15.0 Å². The molecule has 6 nitrogen and oxygen atoms in total. The van der Waals surface area contributed by atoms with Crippen LogP contribution in [0.2, 0.25) is 0 Å². The first-order valence-corrected chi connectivity index (χ1v) is 4.45. The molecule has 0 radical (unpaired) electrons. The summed E-state index contributed by atoms with van der Waals surface area (Å²) in [5, 5.41) is 0. The van der Waals surface area contributed by atoms with E-state index in [0.29, 0.717) is 12.2 Å². The number of nitrogens with two attached hydrogens (primary N) is 2. The van der Waals surface area contributed by atoms with E-state index in [9.17, 15) is 0 Å². The van der Waals surface area contributed by atoms with E-state index >= 15 is 0 Å². The van der Waals surface area contributed by atoms with E-state index < -0.39 is 0 Å². The molecule has 6 heteroatoms. The van der Waals surface area contributed by atoms with Crippen LogP contribution in [0.5, 0.6) is 0 Å². The second kappa shape index (κ2) is 3.56. The molecule has 0 fully saturated rings. The molecule has 0 aliphatic rings. The molecule has 2 aromatic rings. The summed E-state index contributed by atoms with van der Waals surface area (Å²) in [6, 6.07) is 3.74. The highest BCUT2D eigenvalue weighted by Gasteiger charge is 2.05. The van der Waals surface area contributed by atoms with Crippen molar-refractivity contribution < 1.29 is 4.42 Å². The molecule has 2 rings (SSSR count). The quantitative estimate of drug-likeness (QED) is 0.741. The van der Waals surface area contributed by atoms with Crippen LogP contribution in [-0.4, -0.2) is 15.0 Å². The van der Waals surface area contributed by atoms with Gasteiger partial charge in [-0.3, -0.25) is 0 Å². The topological polar surface area (TPSA) is 104 Å². The van der Waals surface area contributed by atoms with Crippen molar-refractivity contribution >= 4 is 11.9 Å². The maximum absolute atomic E-state index is 5.45. The number of aromatic nitrogens is 3. The average molecular weight is 205 g/mol. The van der Waals surface area contributed by atoms with Crippen molar-refractivity contribution in [2.45, 2.75) is 13.3 Å². The largest absolute Gasteiger partial charge is 0.466 e. The normalized spacial score (nSPS) is 10.5. The van der Waals surface area contributed by atoms with Crippen LogP contribution in [0.3, 0.4) is 0 Å². The van der Waals surface area contributed by atoms with E-state index in [0.717, 1.165) is 11.5 Å². The first-order valence-electron chi connectivity index (χ1n) is 4.45. The van der Waals surface area contributed by atoms with Gasteiger partial charge in [0, 0.05) is 0 Å². The zero-order valence-corrected chi connectivity index (χ0v) is 8.27. The third kappa shape index (κ3) is 2.22. The molecular weight excluding hydrogens is 194 g/mol. The van der Waals surface area contributed by atoms with Crippen LogP contribution in [0, 0.1) is 6.92 Å². The van der Waals surface area contributed by atoms with Crippen molar-refractivity contribution in [2.24, 2.45) is 0 Å². The first kappa shape index (κ1) is 9.45. The predicted molar refractivity (Wildman–Crippen MR) is 54.9 cm³/mol. The van der Waals surface area contributed by atoms with Crippen molar-refractivity contribution in [3.05, 3.63) is 29.5 Å². The lowest BCUT2D eigenvalue weighted by Crippen LogP contribution is -2.06.